The first kappa shape index (κ1) is 4.96. The molecule has 0 amide bonds. The largest absolute Gasteiger partial charge is 0.711 e. The Bertz CT molecular complexity index is 153. The van der Waals surface area contributed by atoms with E-state index in [0.29, 0.717) is 4.73 Å². The zero-order chi connectivity index (χ0) is 5.98. The zero-order valence-corrected chi connectivity index (χ0v) is 3.91. The topological polar surface area (TPSA) is 39.8 Å². The number of rotatable bonds is 0. The van der Waals surface area contributed by atoms with Gasteiger partial charge in [0.15, 0.2) is 0 Å². The smallest absolute Gasteiger partial charge is 0.324 e. The molecule has 4 heteroatoms. The van der Waals surface area contributed by atoms with Crippen LogP contribution in [0.3, 0.4) is 0 Å². The second-order valence-corrected chi connectivity index (χ2v) is 1.24. The number of nitrogens with zero attached hydrogens (tertiary/aromatic N) is 2. The van der Waals surface area contributed by atoms with E-state index < -0.39 is 5.95 Å². The molecule has 1 aromatic heterocycles. The molecule has 0 aliphatic carbocycles. The van der Waals surface area contributed by atoms with E-state index in [1.807, 2.05) is 0 Å². The summed E-state index contributed by atoms with van der Waals surface area (Å²) >= 11 is 0. The van der Waals surface area contributed by atoms with Crippen LogP contribution >= 0.6 is 0 Å². The highest BCUT2D eigenvalue weighted by Crippen LogP contribution is 1.81. The van der Waals surface area contributed by atoms with Crippen molar-refractivity contribution in [2.45, 2.75) is 0 Å². The Morgan fingerprint density at radius 3 is 2.88 bits per heavy atom. The molecule has 42 valence electrons. The van der Waals surface area contributed by atoms with Gasteiger partial charge < -0.3 is 5.21 Å². The Labute approximate surface area is 45.0 Å². The molecule has 0 bridgehead atoms. The van der Waals surface area contributed by atoms with Crippen molar-refractivity contribution in [1.29, 1.82) is 0 Å². The normalized spacial score (nSPS) is 9.12. The fraction of sp³-hybridized carbons (Fsp3) is 0. The van der Waals surface area contributed by atoms with Crippen molar-refractivity contribution in [2.24, 2.45) is 0 Å². The van der Waals surface area contributed by atoms with Crippen LogP contribution in [0.15, 0.2) is 18.6 Å². The predicted molar refractivity (Wildman–Crippen MR) is 23.2 cm³/mol. The van der Waals surface area contributed by atoms with Crippen LogP contribution in [-0.2, 0) is 0 Å². The highest BCUT2D eigenvalue weighted by atomic mass is 19.1. The van der Waals surface area contributed by atoms with Gasteiger partial charge in [-0.3, -0.25) is 0 Å². The summed E-state index contributed by atoms with van der Waals surface area (Å²) in [4.78, 5) is 3.06. The van der Waals surface area contributed by atoms with Crippen LogP contribution < -0.4 is 4.73 Å². The fourth-order valence-electron chi connectivity index (χ4n) is 0.329. The van der Waals surface area contributed by atoms with Crippen molar-refractivity contribution in [2.75, 3.05) is 0 Å². The molecule has 0 aliphatic heterocycles. The van der Waals surface area contributed by atoms with Crippen molar-refractivity contribution in [1.82, 2.24) is 4.98 Å². The van der Waals surface area contributed by atoms with Crippen LogP contribution in [0.5, 0.6) is 0 Å². The van der Waals surface area contributed by atoms with E-state index >= 15 is 0 Å². The van der Waals surface area contributed by atoms with Crippen LogP contribution in [0.2, 0.25) is 0 Å². The lowest BCUT2D eigenvalue weighted by Crippen LogP contribution is -2.25. The number of hydrogen-bond acceptors (Lipinski definition) is 2. The van der Waals surface area contributed by atoms with Gasteiger partial charge >= 0.3 is 5.95 Å². The van der Waals surface area contributed by atoms with Crippen LogP contribution in [0.25, 0.3) is 0 Å². The molecule has 0 spiro atoms. The van der Waals surface area contributed by atoms with Gasteiger partial charge in [-0.15, -0.1) is 0 Å². The Morgan fingerprint density at radius 2 is 2.50 bits per heavy atom. The standard InChI is InChI=1S/C4H3FN2O/c5-4-1-2-7(8)3-6-4/h1-3H. The van der Waals surface area contributed by atoms with Gasteiger partial charge in [-0.05, 0) is 4.98 Å². The van der Waals surface area contributed by atoms with Gasteiger partial charge in [-0.1, -0.05) is 0 Å². The van der Waals surface area contributed by atoms with Crippen molar-refractivity contribution < 1.29 is 9.12 Å². The molecule has 3 nitrogen and oxygen atoms in total. The summed E-state index contributed by atoms with van der Waals surface area (Å²) in [7, 11) is 0. The Morgan fingerprint density at radius 1 is 1.75 bits per heavy atom. The van der Waals surface area contributed by atoms with Gasteiger partial charge in [0.05, 0.1) is 12.3 Å². The summed E-state index contributed by atoms with van der Waals surface area (Å²) in [6.07, 6.45) is 1.90. The molecule has 0 atom stereocenters. The first-order chi connectivity index (χ1) is 3.79. The lowest BCUT2D eigenvalue weighted by atomic mass is 10.7. The van der Waals surface area contributed by atoms with Crippen molar-refractivity contribution in [3.63, 3.8) is 0 Å². The van der Waals surface area contributed by atoms with Gasteiger partial charge in [-0.2, -0.15) is 4.39 Å². The number of aromatic nitrogens is 2. The molecular weight excluding hydrogens is 111 g/mol. The SMILES string of the molecule is [O-][n+]1ccc(F)nc1. The molecule has 0 fully saturated rings. The molecule has 0 aliphatic rings. The highest BCUT2D eigenvalue weighted by molar-refractivity contribution is 4.74. The quantitative estimate of drug-likeness (QED) is 0.267. The van der Waals surface area contributed by atoms with Gasteiger partial charge in [0.1, 0.15) is 0 Å². The molecule has 0 saturated heterocycles. The van der Waals surface area contributed by atoms with E-state index in [4.69, 9.17) is 0 Å². The van der Waals surface area contributed by atoms with Crippen molar-refractivity contribution in [3.05, 3.63) is 29.7 Å². The zero-order valence-electron chi connectivity index (χ0n) is 3.91. The minimum absolute atomic E-state index is 0.420. The van der Waals surface area contributed by atoms with Crippen LogP contribution in [0, 0.1) is 11.2 Å². The summed E-state index contributed by atoms with van der Waals surface area (Å²) in [6.45, 7) is 0. The predicted octanol–water partition coefficient (Wildman–Crippen LogP) is -0.146. The van der Waals surface area contributed by atoms with Crippen LogP contribution in [0.1, 0.15) is 0 Å². The highest BCUT2D eigenvalue weighted by Gasteiger charge is 1.92. The molecule has 0 N–H and O–H groups in total. The lowest BCUT2D eigenvalue weighted by Gasteiger charge is -1.93. The second kappa shape index (κ2) is 1.73. The molecule has 0 aromatic carbocycles. The minimum atomic E-state index is -0.642. The molecule has 0 unspecified atom stereocenters. The van der Waals surface area contributed by atoms with Crippen LogP contribution in [-0.4, -0.2) is 4.98 Å². The summed E-state index contributed by atoms with van der Waals surface area (Å²) < 4.78 is 12.2. The molecule has 0 saturated carbocycles. The third-order valence-electron chi connectivity index (χ3n) is 0.654. The first-order valence-corrected chi connectivity index (χ1v) is 1.99. The molecular formula is C4H3FN2O. The van der Waals surface area contributed by atoms with E-state index in [9.17, 15) is 9.60 Å². The molecule has 1 heterocycles. The summed E-state index contributed by atoms with van der Waals surface area (Å²) in [5.41, 5.74) is 0. The lowest BCUT2D eigenvalue weighted by molar-refractivity contribution is -0.609. The third-order valence-corrected chi connectivity index (χ3v) is 0.654. The van der Waals surface area contributed by atoms with E-state index in [-0.39, 0.29) is 0 Å². The van der Waals surface area contributed by atoms with Gasteiger partial charge in [-0.25, -0.2) is 4.73 Å². The van der Waals surface area contributed by atoms with Crippen LogP contribution in [0.4, 0.5) is 4.39 Å². The monoisotopic (exact) mass is 114 g/mol. The molecule has 0 radical (unpaired) electrons. The average molecular weight is 114 g/mol. The maximum absolute atomic E-state index is 11.8. The molecule has 1 aromatic rings. The van der Waals surface area contributed by atoms with E-state index in [2.05, 4.69) is 4.98 Å². The van der Waals surface area contributed by atoms with Crippen molar-refractivity contribution in [3.8, 4) is 0 Å². The van der Waals surface area contributed by atoms with Gasteiger partial charge in [0.25, 0.3) is 6.33 Å². The Kier molecular flexibility index (Phi) is 1.07. The number of hydrogen-bond donors (Lipinski definition) is 0. The van der Waals surface area contributed by atoms with E-state index in [0.717, 1.165) is 18.6 Å². The minimum Gasteiger partial charge on any atom is -0.711 e. The number of halogens is 1. The summed E-state index contributed by atoms with van der Waals surface area (Å²) in [6, 6.07) is 0.993. The summed E-state index contributed by atoms with van der Waals surface area (Å²) in [5, 5.41) is 10.1. The van der Waals surface area contributed by atoms with Gasteiger partial charge in [0, 0.05) is 0 Å². The Hall–Kier alpha value is -1.19. The average Bonchev–Trinajstić information content (AvgIpc) is 1.77. The maximum atomic E-state index is 11.8. The van der Waals surface area contributed by atoms with E-state index in [1.54, 1.807) is 0 Å². The first-order valence-electron chi connectivity index (χ1n) is 1.99. The van der Waals surface area contributed by atoms with Gasteiger partial charge in [0.2, 0.25) is 0 Å². The maximum Gasteiger partial charge on any atom is 0.324 e. The third kappa shape index (κ3) is 0.900. The second-order valence-electron chi connectivity index (χ2n) is 1.24. The molecule has 1 rings (SSSR count). The van der Waals surface area contributed by atoms with Crippen molar-refractivity contribution >= 4 is 0 Å². The summed E-state index contributed by atoms with van der Waals surface area (Å²) in [5.74, 6) is -0.642. The van der Waals surface area contributed by atoms with E-state index in [1.165, 1.54) is 0 Å². The molecule has 8 heavy (non-hydrogen) atoms. The Balaban J connectivity index is 3.03. The fourth-order valence-corrected chi connectivity index (χ4v) is 0.329.